The van der Waals surface area contributed by atoms with Gasteiger partial charge in [-0.1, -0.05) is 20.8 Å². The second-order valence-corrected chi connectivity index (χ2v) is 10.7. The molecule has 0 bridgehead atoms. The number of hydrogen-bond acceptors (Lipinski definition) is 7. The summed E-state index contributed by atoms with van der Waals surface area (Å²) >= 11 is 0. The highest BCUT2D eigenvalue weighted by molar-refractivity contribution is 6.00. The van der Waals surface area contributed by atoms with Crippen molar-refractivity contribution in [1.82, 2.24) is 24.2 Å². The van der Waals surface area contributed by atoms with E-state index < -0.39 is 6.09 Å². The summed E-state index contributed by atoms with van der Waals surface area (Å²) in [7, 11) is 4.96. The third-order valence-corrected chi connectivity index (χ3v) is 6.95. The zero-order valence-corrected chi connectivity index (χ0v) is 22.8. The Balaban J connectivity index is 1.54. The maximum atomic E-state index is 12.8. The number of amides is 1. The van der Waals surface area contributed by atoms with Crippen molar-refractivity contribution in [3.8, 4) is 17.0 Å². The molecule has 1 aliphatic rings. The van der Waals surface area contributed by atoms with E-state index in [2.05, 4.69) is 15.4 Å². The number of hydrogen-bond donors (Lipinski definition) is 2. The average molecular weight is 533 g/mol. The summed E-state index contributed by atoms with van der Waals surface area (Å²) in [5, 5.41) is 18.5. The van der Waals surface area contributed by atoms with E-state index >= 15 is 0 Å². The average Bonchev–Trinajstić information content (AvgIpc) is 3.44. The molecule has 11 nitrogen and oxygen atoms in total. The van der Waals surface area contributed by atoms with Gasteiger partial charge in [-0.2, -0.15) is 5.10 Å². The zero-order chi connectivity index (χ0) is 28.1. The maximum absolute atomic E-state index is 12.8. The summed E-state index contributed by atoms with van der Waals surface area (Å²) in [5.74, 6) is 0.806. The third kappa shape index (κ3) is 4.69. The maximum Gasteiger partial charge on any atom is 0.416 e. The number of carbonyl (C=O) groups excluding carboxylic acids is 1. The van der Waals surface area contributed by atoms with Crippen molar-refractivity contribution in [1.29, 1.82) is 0 Å². The Morgan fingerprint density at radius 2 is 1.87 bits per heavy atom. The fourth-order valence-electron chi connectivity index (χ4n) is 5.03. The van der Waals surface area contributed by atoms with Crippen molar-refractivity contribution in [2.45, 2.75) is 32.3 Å². The van der Waals surface area contributed by atoms with E-state index in [0.717, 1.165) is 10.9 Å². The standard InChI is InChI=1S/C28H32N6O5/c1-28(2,3)24-19-12-29-23(10-21(19)34(27(36)37)25(24)17-11-30-32(4)13-17)31-20-8-7-16(9-22(20)39-6)26(35)33-14-18(15-33)38-5/h7-13,18H,14-15H2,1-6H3,(H,29,31)(H,36,37). The smallest absolute Gasteiger partial charge is 0.416 e. The molecule has 0 radical (unpaired) electrons. The Kier molecular flexibility index (Phi) is 6.55. The van der Waals surface area contributed by atoms with Gasteiger partial charge in [-0.15, -0.1) is 0 Å². The van der Waals surface area contributed by atoms with Crippen molar-refractivity contribution in [3.63, 3.8) is 0 Å². The van der Waals surface area contributed by atoms with Crippen LogP contribution in [-0.4, -0.2) is 74.8 Å². The number of likely N-dealkylation sites (tertiary alicyclic amines) is 1. The molecule has 0 atom stereocenters. The Labute approximate surface area is 226 Å². The normalized spacial score (nSPS) is 13.9. The van der Waals surface area contributed by atoms with Crippen molar-refractivity contribution >= 4 is 34.4 Å². The van der Waals surface area contributed by atoms with E-state index in [4.69, 9.17) is 9.47 Å². The van der Waals surface area contributed by atoms with E-state index in [1.165, 1.54) is 11.7 Å². The molecular formula is C28H32N6O5. The molecule has 5 rings (SSSR count). The second-order valence-electron chi connectivity index (χ2n) is 10.7. The lowest BCUT2D eigenvalue weighted by molar-refractivity contribution is -0.0192. The predicted octanol–water partition coefficient (Wildman–Crippen LogP) is 4.48. The Morgan fingerprint density at radius 3 is 2.46 bits per heavy atom. The Bertz CT molecular complexity index is 1580. The number of nitrogens with one attached hydrogen (secondary N) is 1. The van der Waals surface area contributed by atoms with Gasteiger partial charge >= 0.3 is 6.09 Å². The molecular weight excluding hydrogens is 500 g/mol. The number of aryl methyl sites for hydroxylation is 1. The molecule has 1 aromatic carbocycles. The molecule has 0 spiro atoms. The lowest BCUT2D eigenvalue weighted by atomic mass is 9.84. The van der Waals surface area contributed by atoms with Crippen LogP contribution in [0.3, 0.4) is 0 Å². The van der Waals surface area contributed by atoms with Crippen LogP contribution in [0.15, 0.2) is 42.9 Å². The molecule has 1 amide bonds. The molecule has 3 aromatic heterocycles. The molecule has 2 N–H and O–H groups in total. The van der Waals surface area contributed by atoms with Crippen molar-refractivity contribution in [2.24, 2.45) is 7.05 Å². The van der Waals surface area contributed by atoms with Gasteiger partial charge < -0.3 is 24.8 Å². The van der Waals surface area contributed by atoms with Crippen LogP contribution < -0.4 is 10.1 Å². The van der Waals surface area contributed by atoms with Crippen LogP contribution in [0.25, 0.3) is 22.2 Å². The SMILES string of the molecule is COc1cc(C(=O)N2CC(OC)C2)ccc1Nc1cc2c(cn1)c(C(C)(C)C)c(-c1cnn(C)c1)n2C(=O)O. The number of aromatic nitrogens is 4. The number of methoxy groups -OCH3 is 2. The van der Waals surface area contributed by atoms with Gasteiger partial charge in [-0.3, -0.25) is 9.48 Å². The van der Waals surface area contributed by atoms with Gasteiger partial charge in [0, 0.05) is 62.2 Å². The summed E-state index contributed by atoms with van der Waals surface area (Å²) < 4.78 is 13.8. The summed E-state index contributed by atoms with van der Waals surface area (Å²) in [6.45, 7) is 7.25. The van der Waals surface area contributed by atoms with Crippen LogP contribution >= 0.6 is 0 Å². The van der Waals surface area contributed by atoms with Crippen molar-refractivity contribution < 1.29 is 24.2 Å². The number of anilines is 2. The first-order chi connectivity index (χ1) is 18.5. The van der Waals surface area contributed by atoms with Crippen LogP contribution in [0, 0.1) is 0 Å². The number of fused-ring (bicyclic) bond motifs is 1. The van der Waals surface area contributed by atoms with E-state index in [9.17, 15) is 14.7 Å². The molecule has 4 heterocycles. The zero-order valence-electron chi connectivity index (χ0n) is 22.8. The number of benzene rings is 1. The minimum atomic E-state index is -1.10. The van der Waals surface area contributed by atoms with E-state index in [-0.39, 0.29) is 17.4 Å². The molecule has 11 heteroatoms. The Morgan fingerprint density at radius 1 is 1.13 bits per heavy atom. The molecule has 1 aliphatic heterocycles. The molecule has 0 unspecified atom stereocenters. The number of carboxylic acid groups (broad SMARTS) is 1. The number of ether oxygens (including phenoxy) is 2. The predicted molar refractivity (Wildman–Crippen MR) is 147 cm³/mol. The summed E-state index contributed by atoms with van der Waals surface area (Å²) in [6.07, 6.45) is 4.13. The summed E-state index contributed by atoms with van der Waals surface area (Å²) in [6, 6.07) is 6.87. The molecule has 204 valence electrons. The highest BCUT2D eigenvalue weighted by Crippen LogP contribution is 2.41. The number of nitrogens with zero attached hydrogens (tertiary/aromatic N) is 5. The fraction of sp³-hybridized carbons (Fsp3) is 0.357. The van der Waals surface area contributed by atoms with E-state index in [1.807, 2.05) is 20.8 Å². The molecule has 1 saturated heterocycles. The second kappa shape index (κ2) is 9.73. The van der Waals surface area contributed by atoms with Crippen LogP contribution in [0.1, 0.15) is 36.7 Å². The highest BCUT2D eigenvalue weighted by Gasteiger charge is 2.32. The molecule has 1 fully saturated rings. The number of rotatable bonds is 6. The van der Waals surface area contributed by atoms with Gasteiger partial charge in [0.1, 0.15) is 11.6 Å². The minimum Gasteiger partial charge on any atom is -0.495 e. The van der Waals surface area contributed by atoms with Gasteiger partial charge in [0.25, 0.3) is 5.91 Å². The Hall–Kier alpha value is -4.38. The monoisotopic (exact) mass is 532 g/mol. The van der Waals surface area contributed by atoms with Gasteiger partial charge in [-0.25, -0.2) is 14.3 Å². The van der Waals surface area contributed by atoms with E-state index in [1.54, 1.807) is 66.6 Å². The van der Waals surface area contributed by atoms with E-state index in [0.29, 0.717) is 52.7 Å². The fourth-order valence-corrected chi connectivity index (χ4v) is 5.03. The number of carbonyl (C=O) groups is 2. The third-order valence-electron chi connectivity index (χ3n) is 6.95. The van der Waals surface area contributed by atoms with Crippen molar-refractivity contribution in [3.05, 3.63) is 54.0 Å². The highest BCUT2D eigenvalue weighted by atomic mass is 16.5. The summed E-state index contributed by atoms with van der Waals surface area (Å²) in [4.78, 5) is 31.7. The van der Waals surface area contributed by atoms with Gasteiger partial charge in [0.2, 0.25) is 0 Å². The first kappa shape index (κ1) is 26.2. The molecule has 39 heavy (non-hydrogen) atoms. The molecule has 4 aromatic rings. The minimum absolute atomic E-state index is 0.0694. The first-order valence-corrected chi connectivity index (χ1v) is 12.6. The van der Waals surface area contributed by atoms with Crippen LogP contribution in [0.2, 0.25) is 0 Å². The van der Waals surface area contributed by atoms with Crippen LogP contribution in [0.4, 0.5) is 16.3 Å². The van der Waals surface area contributed by atoms with Gasteiger partial charge in [-0.05, 0) is 29.2 Å². The first-order valence-electron chi connectivity index (χ1n) is 12.6. The largest absolute Gasteiger partial charge is 0.495 e. The lowest BCUT2D eigenvalue weighted by Gasteiger charge is -2.38. The number of pyridine rings is 1. The van der Waals surface area contributed by atoms with Gasteiger partial charge in [0.15, 0.2) is 0 Å². The topological polar surface area (TPSA) is 124 Å². The molecule has 0 saturated carbocycles. The van der Waals surface area contributed by atoms with Crippen LogP contribution in [0.5, 0.6) is 5.75 Å². The summed E-state index contributed by atoms with van der Waals surface area (Å²) in [5.41, 5.74) is 3.37. The quantitative estimate of drug-likeness (QED) is 0.373. The van der Waals surface area contributed by atoms with Crippen molar-refractivity contribution in [2.75, 3.05) is 32.6 Å². The van der Waals surface area contributed by atoms with Crippen LogP contribution in [-0.2, 0) is 17.2 Å². The van der Waals surface area contributed by atoms with Gasteiger partial charge in [0.05, 0.1) is 36.3 Å². The molecule has 0 aliphatic carbocycles. The lowest BCUT2D eigenvalue weighted by Crippen LogP contribution is -2.54.